The third kappa shape index (κ3) is 4.60. The second-order valence-corrected chi connectivity index (χ2v) is 7.55. The summed E-state index contributed by atoms with van der Waals surface area (Å²) in [6.45, 7) is 5.85. The maximum absolute atomic E-state index is 12.8. The molecule has 150 valence electrons. The average molecular weight is 384 g/mol. The Bertz CT molecular complexity index is 786. The van der Waals surface area contributed by atoms with Crippen LogP contribution in [0.1, 0.15) is 28.2 Å². The Morgan fingerprint density at radius 2 is 2.11 bits per heavy atom. The zero-order valence-electron chi connectivity index (χ0n) is 16.4. The van der Waals surface area contributed by atoms with Crippen molar-refractivity contribution in [2.45, 2.75) is 32.2 Å². The smallest absolute Gasteiger partial charge is 0.274 e. The minimum Gasteiger partial charge on any atom is -0.376 e. The molecule has 7 heteroatoms. The van der Waals surface area contributed by atoms with Gasteiger partial charge in [-0.05, 0) is 18.1 Å². The van der Waals surface area contributed by atoms with Crippen molar-refractivity contribution >= 4 is 5.91 Å². The zero-order valence-corrected chi connectivity index (χ0v) is 16.4. The molecule has 2 aromatic rings. The number of fused-ring (bicyclic) bond motifs is 1. The number of rotatable bonds is 5. The first kappa shape index (κ1) is 19.1. The Morgan fingerprint density at radius 3 is 2.89 bits per heavy atom. The van der Waals surface area contributed by atoms with Gasteiger partial charge >= 0.3 is 0 Å². The highest BCUT2D eigenvalue weighted by Crippen LogP contribution is 2.17. The summed E-state index contributed by atoms with van der Waals surface area (Å²) in [6.07, 6.45) is 0.961. The molecular formula is C21H28N4O3. The molecule has 0 radical (unpaired) electrons. The van der Waals surface area contributed by atoms with Crippen molar-refractivity contribution in [3.8, 4) is 0 Å². The number of nitrogens with zero attached hydrogens (tertiary/aromatic N) is 4. The van der Waals surface area contributed by atoms with Crippen molar-refractivity contribution in [3.05, 3.63) is 53.3 Å². The summed E-state index contributed by atoms with van der Waals surface area (Å²) in [4.78, 5) is 16.9. The predicted octanol–water partition coefficient (Wildman–Crippen LogP) is 1.78. The molecule has 1 unspecified atom stereocenters. The van der Waals surface area contributed by atoms with Crippen LogP contribution in [0.3, 0.4) is 0 Å². The van der Waals surface area contributed by atoms with E-state index in [4.69, 9.17) is 9.47 Å². The van der Waals surface area contributed by atoms with E-state index in [0.717, 1.165) is 38.3 Å². The molecule has 1 atom stereocenters. The predicted molar refractivity (Wildman–Crippen MR) is 105 cm³/mol. The summed E-state index contributed by atoms with van der Waals surface area (Å²) in [5.41, 5.74) is 2.92. The largest absolute Gasteiger partial charge is 0.376 e. The van der Waals surface area contributed by atoms with Gasteiger partial charge in [-0.15, -0.1) is 0 Å². The average Bonchev–Trinajstić information content (AvgIpc) is 3.02. The lowest BCUT2D eigenvalue weighted by Gasteiger charge is -2.27. The molecule has 2 aliphatic heterocycles. The van der Waals surface area contributed by atoms with Gasteiger partial charge in [0.25, 0.3) is 5.91 Å². The van der Waals surface area contributed by atoms with Gasteiger partial charge in [0, 0.05) is 39.8 Å². The topological polar surface area (TPSA) is 59.8 Å². The van der Waals surface area contributed by atoms with Crippen LogP contribution in [0.5, 0.6) is 0 Å². The van der Waals surface area contributed by atoms with Crippen molar-refractivity contribution in [1.29, 1.82) is 0 Å². The van der Waals surface area contributed by atoms with Crippen molar-refractivity contribution in [1.82, 2.24) is 19.6 Å². The molecule has 1 amide bonds. The Labute approximate surface area is 165 Å². The van der Waals surface area contributed by atoms with Crippen LogP contribution in [0.25, 0.3) is 0 Å². The Balaban J connectivity index is 1.41. The molecule has 3 heterocycles. The van der Waals surface area contributed by atoms with E-state index >= 15 is 0 Å². The number of amides is 1. The van der Waals surface area contributed by atoms with Crippen molar-refractivity contribution < 1.29 is 14.3 Å². The van der Waals surface area contributed by atoms with E-state index in [1.807, 2.05) is 16.8 Å². The fourth-order valence-electron chi connectivity index (χ4n) is 3.84. The molecule has 1 saturated heterocycles. The Kier molecular flexibility index (Phi) is 6.04. The van der Waals surface area contributed by atoms with Crippen molar-refractivity contribution in [3.63, 3.8) is 0 Å². The van der Waals surface area contributed by atoms with Crippen LogP contribution in [0, 0.1) is 0 Å². The number of carbonyl (C=O) groups excluding carboxylic acids is 1. The number of hydrogen-bond acceptors (Lipinski definition) is 5. The van der Waals surface area contributed by atoms with Crippen LogP contribution >= 0.6 is 0 Å². The summed E-state index contributed by atoms with van der Waals surface area (Å²) in [7, 11) is 1.80. The van der Waals surface area contributed by atoms with E-state index < -0.39 is 0 Å². The molecule has 0 aliphatic carbocycles. The SMILES string of the molecule is CN(CC1COCCO1)C(=O)c1cc2n(n1)CCCN(Cc1ccccc1)C2. The molecule has 28 heavy (non-hydrogen) atoms. The van der Waals surface area contributed by atoms with E-state index in [1.165, 1.54) is 5.56 Å². The number of carbonyl (C=O) groups is 1. The van der Waals surface area contributed by atoms with Gasteiger partial charge in [0.1, 0.15) is 0 Å². The number of likely N-dealkylation sites (N-methyl/N-ethyl adjacent to an activating group) is 1. The highest BCUT2D eigenvalue weighted by Gasteiger charge is 2.24. The summed E-state index contributed by atoms with van der Waals surface area (Å²) in [5.74, 6) is -0.0654. The fourth-order valence-corrected chi connectivity index (χ4v) is 3.84. The molecule has 0 N–H and O–H groups in total. The molecule has 7 nitrogen and oxygen atoms in total. The fraction of sp³-hybridized carbons (Fsp3) is 0.524. The van der Waals surface area contributed by atoms with Crippen LogP contribution in [0.15, 0.2) is 36.4 Å². The number of aryl methyl sites for hydroxylation is 1. The molecule has 2 aliphatic rings. The van der Waals surface area contributed by atoms with E-state index in [1.54, 1.807) is 11.9 Å². The molecule has 0 bridgehead atoms. The third-order valence-corrected chi connectivity index (χ3v) is 5.27. The van der Waals surface area contributed by atoms with E-state index in [2.05, 4.69) is 34.3 Å². The second-order valence-electron chi connectivity index (χ2n) is 7.55. The number of aromatic nitrogens is 2. The van der Waals surface area contributed by atoms with Crippen molar-refractivity contribution in [2.75, 3.05) is 40.0 Å². The van der Waals surface area contributed by atoms with Crippen LogP contribution < -0.4 is 0 Å². The Hall–Kier alpha value is -2.22. The van der Waals surface area contributed by atoms with E-state index in [0.29, 0.717) is 32.1 Å². The number of benzene rings is 1. The highest BCUT2D eigenvalue weighted by atomic mass is 16.6. The van der Waals surface area contributed by atoms with E-state index in [-0.39, 0.29) is 12.0 Å². The second kappa shape index (κ2) is 8.86. The highest BCUT2D eigenvalue weighted by molar-refractivity contribution is 5.92. The minimum atomic E-state index is -0.0654. The zero-order chi connectivity index (χ0) is 19.3. The molecule has 1 fully saturated rings. The van der Waals surface area contributed by atoms with Crippen molar-refractivity contribution in [2.24, 2.45) is 0 Å². The van der Waals surface area contributed by atoms with Gasteiger partial charge in [-0.2, -0.15) is 5.10 Å². The summed E-state index contributed by atoms with van der Waals surface area (Å²) in [5, 5.41) is 4.59. The van der Waals surface area contributed by atoms with Crippen LogP contribution in [0.2, 0.25) is 0 Å². The quantitative estimate of drug-likeness (QED) is 0.786. The van der Waals surface area contributed by atoms with Gasteiger partial charge in [0.05, 0.1) is 31.6 Å². The molecule has 0 spiro atoms. The Morgan fingerprint density at radius 1 is 1.25 bits per heavy atom. The van der Waals surface area contributed by atoms with Crippen LogP contribution in [-0.4, -0.2) is 71.5 Å². The normalized spacial score (nSPS) is 20.4. The first-order chi connectivity index (χ1) is 13.7. The summed E-state index contributed by atoms with van der Waals surface area (Å²) >= 11 is 0. The standard InChI is InChI=1S/C21H28N4O3/c1-23(15-19-16-27-10-11-28-19)21(26)20-12-18-14-24(8-5-9-25(18)22-20)13-17-6-3-2-4-7-17/h2-4,6-7,12,19H,5,8-11,13-16H2,1H3. The van der Waals surface area contributed by atoms with Gasteiger partial charge in [-0.1, -0.05) is 30.3 Å². The van der Waals surface area contributed by atoms with Gasteiger partial charge in [0.15, 0.2) is 5.69 Å². The molecule has 1 aromatic carbocycles. The lowest BCUT2D eigenvalue weighted by molar-refractivity contribution is -0.0933. The molecule has 0 saturated carbocycles. The monoisotopic (exact) mass is 384 g/mol. The number of ether oxygens (including phenoxy) is 2. The minimum absolute atomic E-state index is 0.0653. The maximum Gasteiger partial charge on any atom is 0.274 e. The molecule has 4 rings (SSSR count). The molecule has 1 aromatic heterocycles. The number of hydrogen-bond donors (Lipinski definition) is 0. The molecular weight excluding hydrogens is 356 g/mol. The third-order valence-electron chi connectivity index (χ3n) is 5.27. The van der Waals surface area contributed by atoms with Gasteiger partial charge in [-0.3, -0.25) is 14.4 Å². The lowest BCUT2D eigenvalue weighted by atomic mass is 10.2. The first-order valence-electron chi connectivity index (χ1n) is 9.97. The van der Waals surface area contributed by atoms with Gasteiger partial charge in [-0.25, -0.2) is 0 Å². The van der Waals surface area contributed by atoms with Gasteiger partial charge < -0.3 is 14.4 Å². The summed E-state index contributed by atoms with van der Waals surface area (Å²) < 4.78 is 13.1. The first-order valence-corrected chi connectivity index (χ1v) is 9.97. The van der Waals surface area contributed by atoms with Gasteiger partial charge in [0.2, 0.25) is 0 Å². The lowest BCUT2D eigenvalue weighted by Crippen LogP contribution is -2.41. The van der Waals surface area contributed by atoms with E-state index in [9.17, 15) is 4.79 Å². The maximum atomic E-state index is 12.8. The summed E-state index contributed by atoms with van der Waals surface area (Å²) in [6, 6.07) is 12.4. The van der Waals surface area contributed by atoms with Crippen LogP contribution in [0.4, 0.5) is 0 Å². The van der Waals surface area contributed by atoms with Crippen LogP contribution in [-0.2, 0) is 29.1 Å².